The van der Waals surface area contributed by atoms with Gasteiger partial charge in [0.1, 0.15) is 6.10 Å². The first kappa shape index (κ1) is 20.5. The van der Waals surface area contributed by atoms with Gasteiger partial charge in [0.15, 0.2) is 0 Å². The number of ether oxygens (including phenoxy) is 2. The van der Waals surface area contributed by atoms with Crippen molar-refractivity contribution in [2.45, 2.75) is 26.9 Å². The third kappa shape index (κ3) is 29.2. The summed E-state index contributed by atoms with van der Waals surface area (Å²) < 4.78 is 8.86. The second kappa shape index (κ2) is 19.6. The smallest absolute Gasteiger partial charge is 0.334 e. The Morgan fingerprint density at radius 1 is 1.56 bits per heavy atom. The molecule has 0 heterocycles. The second-order valence-corrected chi connectivity index (χ2v) is 2.55. The standard InChI is InChI=1S/C5H10O3.C3H8O2.C3H6/c1-3-8-5(7)4(2)6;1-5-3-2-4;1-3-2/h4,6H,3H2,1-2H3;4H,2-3H2,1H3;3H,1H2,2H3. The van der Waals surface area contributed by atoms with E-state index in [-0.39, 0.29) is 6.61 Å². The summed E-state index contributed by atoms with van der Waals surface area (Å²) in [5.74, 6) is -0.562. The van der Waals surface area contributed by atoms with Gasteiger partial charge < -0.3 is 19.7 Å². The Balaban J connectivity index is -0.000000181. The number of esters is 1. The van der Waals surface area contributed by atoms with Crippen LogP contribution in [0.4, 0.5) is 0 Å². The molecule has 0 aliphatic rings. The summed E-state index contributed by atoms with van der Waals surface area (Å²) in [7, 11) is 1.55. The molecule has 0 bridgehead atoms. The highest BCUT2D eigenvalue weighted by atomic mass is 16.5. The maximum absolute atomic E-state index is 10.3. The van der Waals surface area contributed by atoms with E-state index in [1.165, 1.54) is 6.92 Å². The van der Waals surface area contributed by atoms with Gasteiger partial charge in [0.25, 0.3) is 0 Å². The molecule has 0 aliphatic heterocycles. The molecule has 5 nitrogen and oxygen atoms in total. The van der Waals surface area contributed by atoms with Crippen molar-refractivity contribution in [1.82, 2.24) is 0 Å². The number of carbonyl (C=O) groups excluding carboxylic acids is 1. The van der Waals surface area contributed by atoms with E-state index in [2.05, 4.69) is 16.1 Å². The van der Waals surface area contributed by atoms with Crippen LogP contribution >= 0.6 is 0 Å². The SMILES string of the molecule is C=CC.CCOC(=O)C(C)O.COCCO. The zero-order chi connectivity index (χ0) is 13.4. The van der Waals surface area contributed by atoms with Gasteiger partial charge in [0.05, 0.1) is 19.8 Å². The topological polar surface area (TPSA) is 76.0 Å². The zero-order valence-electron chi connectivity index (χ0n) is 10.6. The summed E-state index contributed by atoms with van der Waals surface area (Å²) >= 11 is 0. The van der Waals surface area contributed by atoms with Gasteiger partial charge in [-0.2, -0.15) is 0 Å². The highest BCUT2D eigenvalue weighted by molar-refractivity contribution is 5.73. The fourth-order valence-electron chi connectivity index (χ4n) is 0.354. The molecule has 0 aromatic carbocycles. The monoisotopic (exact) mass is 236 g/mol. The average molecular weight is 236 g/mol. The van der Waals surface area contributed by atoms with Gasteiger partial charge in [-0.05, 0) is 20.8 Å². The van der Waals surface area contributed by atoms with Crippen LogP contribution in [0.25, 0.3) is 0 Å². The number of aliphatic hydroxyl groups excluding tert-OH is 2. The Labute approximate surface area is 97.7 Å². The van der Waals surface area contributed by atoms with E-state index in [0.717, 1.165) is 0 Å². The number of aliphatic hydroxyl groups is 2. The van der Waals surface area contributed by atoms with Gasteiger partial charge >= 0.3 is 5.97 Å². The molecule has 0 spiro atoms. The van der Waals surface area contributed by atoms with Crippen LogP contribution in [0, 0.1) is 0 Å². The normalized spacial score (nSPS) is 9.88. The minimum Gasteiger partial charge on any atom is -0.464 e. The molecule has 1 unspecified atom stereocenters. The molecule has 5 heteroatoms. The van der Waals surface area contributed by atoms with Crippen LogP contribution in [0.15, 0.2) is 12.7 Å². The van der Waals surface area contributed by atoms with Crippen molar-refractivity contribution in [3.8, 4) is 0 Å². The largest absolute Gasteiger partial charge is 0.464 e. The molecule has 0 saturated carbocycles. The van der Waals surface area contributed by atoms with E-state index < -0.39 is 12.1 Å². The lowest BCUT2D eigenvalue weighted by Crippen LogP contribution is -2.18. The number of hydrogen-bond donors (Lipinski definition) is 2. The Bertz CT molecular complexity index is 143. The summed E-state index contributed by atoms with van der Waals surface area (Å²) in [6.45, 7) is 9.21. The molecule has 0 radical (unpaired) electrons. The van der Waals surface area contributed by atoms with Crippen molar-refractivity contribution in [2.75, 3.05) is 26.9 Å². The predicted molar refractivity (Wildman–Crippen MR) is 63.1 cm³/mol. The van der Waals surface area contributed by atoms with Gasteiger partial charge in [-0.25, -0.2) is 4.79 Å². The fraction of sp³-hybridized carbons (Fsp3) is 0.727. The molecular weight excluding hydrogens is 212 g/mol. The van der Waals surface area contributed by atoms with Crippen LogP contribution in [0.2, 0.25) is 0 Å². The quantitative estimate of drug-likeness (QED) is 0.556. The summed E-state index contributed by atoms with van der Waals surface area (Å²) in [5, 5.41) is 16.4. The molecule has 1 atom stereocenters. The molecule has 16 heavy (non-hydrogen) atoms. The van der Waals surface area contributed by atoms with Crippen molar-refractivity contribution in [3.63, 3.8) is 0 Å². The first-order chi connectivity index (χ1) is 7.51. The van der Waals surface area contributed by atoms with E-state index in [9.17, 15) is 4.79 Å². The Hall–Kier alpha value is -0.910. The molecule has 0 aromatic heterocycles. The van der Waals surface area contributed by atoms with Crippen molar-refractivity contribution in [3.05, 3.63) is 12.7 Å². The average Bonchev–Trinajstić information content (AvgIpc) is 2.21. The minimum atomic E-state index is -0.991. The molecule has 0 saturated heterocycles. The molecule has 2 N–H and O–H groups in total. The van der Waals surface area contributed by atoms with E-state index in [1.807, 2.05) is 6.92 Å². The van der Waals surface area contributed by atoms with Crippen molar-refractivity contribution < 1.29 is 24.5 Å². The molecular formula is C11H24O5. The first-order valence-electron chi connectivity index (χ1n) is 5.03. The molecule has 0 aromatic rings. The molecule has 0 rings (SSSR count). The molecule has 98 valence electrons. The maximum Gasteiger partial charge on any atom is 0.334 e. The van der Waals surface area contributed by atoms with Crippen LogP contribution < -0.4 is 0 Å². The van der Waals surface area contributed by atoms with Crippen LogP contribution in [0.1, 0.15) is 20.8 Å². The second-order valence-electron chi connectivity index (χ2n) is 2.55. The number of methoxy groups -OCH3 is 1. The van der Waals surface area contributed by atoms with Crippen molar-refractivity contribution in [1.29, 1.82) is 0 Å². The van der Waals surface area contributed by atoms with Gasteiger partial charge in [0, 0.05) is 7.11 Å². The van der Waals surface area contributed by atoms with Crippen molar-refractivity contribution >= 4 is 5.97 Å². The minimum absolute atomic E-state index is 0.122. The van der Waals surface area contributed by atoms with Gasteiger partial charge in [-0.1, -0.05) is 6.08 Å². The van der Waals surface area contributed by atoms with E-state index in [1.54, 1.807) is 20.1 Å². The third-order valence-corrected chi connectivity index (χ3v) is 0.923. The van der Waals surface area contributed by atoms with Crippen LogP contribution in [-0.4, -0.2) is 49.2 Å². The summed E-state index contributed by atoms with van der Waals surface area (Å²) in [6.07, 6.45) is 0.759. The number of allylic oxidation sites excluding steroid dienone is 1. The lowest BCUT2D eigenvalue weighted by atomic mass is 10.4. The van der Waals surface area contributed by atoms with E-state index >= 15 is 0 Å². The Morgan fingerprint density at radius 2 is 2.00 bits per heavy atom. The van der Waals surface area contributed by atoms with Crippen molar-refractivity contribution in [2.24, 2.45) is 0 Å². The lowest BCUT2D eigenvalue weighted by Gasteiger charge is -2.01. The summed E-state index contributed by atoms with van der Waals surface area (Å²) in [6, 6.07) is 0. The van der Waals surface area contributed by atoms with Gasteiger partial charge in [-0.15, -0.1) is 6.58 Å². The number of carbonyl (C=O) groups is 1. The Kier molecular flexibility index (Phi) is 25.1. The summed E-state index contributed by atoms with van der Waals surface area (Å²) in [5.41, 5.74) is 0. The number of hydrogen-bond acceptors (Lipinski definition) is 5. The number of rotatable bonds is 4. The van der Waals surface area contributed by atoms with Gasteiger partial charge in [0.2, 0.25) is 0 Å². The highest BCUT2D eigenvalue weighted by Crippen LogP contribution is 1.84. The fourth-order valence-corrected chi connectivity index (χ4v) is 0.354. The highest BCUT2D eigenvalue weighted by Gasteiger charge is 2.07. The van der Waals surface area contributed by atoms with E-state index in [0.29, 0.717) is 13.2 Å². The van der Waals surface area contributed by atoms with Crippen LogP contribution in [0.5, 0.6) is 0 Å². The van der Waals surface area contributed by atoms with Gasteiger partial charge in [-0.3, -0.25) is 0 Å². The molecule has 0 aliphatic carbocycles. The zero-order valence-corrected chi connectivity index (χ0v) is 10.6. The summed E-state index contributed by atoms with van der Waals surface area (Å²) in [4.78, 5) is 10.3. The maximum atomic E-state index is 10.3. The lowest BCUT2D eigenvalue weighted by molar-refractivity contribution is -0.151. The third-order valence-electron chi connectivity index (χ3n) is 0.923. The van der Waals surface area contributed by atoms with Crippen LogP contribution in [-0.2, 0) is 14.3 Å². The molecule has 0 fully saturated rings. The van der Waals surface area contributed by atoms with Crippen LogP contribution in [0.3, 0.4) is 0 Å². The Morgan fingerprint density at radius 3 is 2.06 bits per heavy atom. The predicted octanol–water partition coefficient (Wildman–Crippen LogP) is 0.748. The molecule has 0 amide bonds. The first-order valence-corrected chi connectivity index (χ1v) is 5.03. The van der Waals surface area contributed by atoms with E-state index in [4.69, 9.17) is 10.2 Å².